The van der Waals surface area contributed by atoms with Crippen LogP contribution in [0.25, 0.3) is 0 Å². The van der Waals surface area contributed by atoms with Crippen molar-refractivity contribution < 1.29 is 0 Å². The number of hydrogen-bond acceptors (Lipinski definition) is 0. The maximum absolute atomic E-state index is 2.51. The van der Waals surface area contributed by atoms with Crippen LogP contribution < -0.4 is 0 Å². The van der Waals surface area contributed by atoms with Crippen molar-refractivity contribution in [3.05, 3.63) is 22.8 Å². The Morgan fingerprint density at radius 1 is 1.40 bits per heavy atom. The first-order valence-electron chi connectivity index (χ1n) is 6.35. The fourth-order valence-corrected chi connectivity index (χ4v) is 3.73. The summed E-state index contributed by atoms with van der Waals surface area (Å²) in [4.78, 5) is 0. The predicted molar refractivity (Wildman–Crippen MR) is 66.8 cm³/mol. The summed E-state index contributed by atoms with van der Waals surface area (Å²) in [6.45, 7) is 9.42. The molecule has 2 atom stereocenters. The average Bonchev–Trinajstić information content (AvgIpc) is 2.36. The minimum atomic E-state index is 0.573. The largest absolute Gasteiger partial charge is 0.0856 e. The normalized spacial score (nSPS) is 35.9. The van der Waals surface area contributed by atoms with E-state index in [-0.39, 0.29) is 0 Å². The lowest BCUT2D eigenvalue weighted by Gasteiger charge is -2.31. The summed E-state index contributed by atoms with van der Waals surface area (Å²) in [5.74, 6) is 0.871. The van der Waals surface area contributed by atoms with Crippen LogP contribution in [0.1, 0.15) is 59.8 Å². The third-order valence-electron chi connectivity index (χ3n) is 4.50. The van der Waals surface area contributed by atoms with Crippen LogP contribution >= 0.6 is 0 Å². The van der Waals surface area contributed by atoms with Crippen molar-refractivity contribution in [3.8, 4) is 0 Å². The van der Waals surface area contributed by atoms with Gasteiger partial charge in [0.1, 0.15) is 0 Å². The molecular weight excluding hydrogens is 180 g/mol. The summed E-state index contributed by atoms with van der Waals surface area (Å²) in [5.41, 5.74) is 5.56. The van der Waals surface area contributed by atoms with Crippen LogP contribution in [-0.4, -0.2) is 0 Å². The Morgan fingerprint density at radius 3 is 2.80 bits per heavy atom. The standard InChI is InChI=1S/C15H24/c1-11(2)13-8-9-15(4)10-12(3)6-5-7-14(13)15/h6,14H,5,7-10H2,1-4H3/t14-,15+/m0/s1. The first-order valence-corrected chi connectivity index (χ1v) is 6.35. The van der Waals surface area contributed by atoms with Crippen molar-refractivity contribution >= 4 is 0 Å². The van der Waals surface area contributed by atoms with Crippen molar-refractivity contribution in [3.63, 3.8) is 0 Å². The van der Waals surface area contributed by atoms with Gasteiger partial charge in [0.25, 0.3) is 0 Å². The van der Waals surface area contributed by atoms with Crippen molar-refractivity contribution in [2.24, 2.45) is 11.3 Å². The number of allylic oxidation sites excluding steroid dienone is 4. The van der Waals surface area contributed by atoms with Crippen LogP contribution in [0.2, 0.25) is 0 Å². The highest BCUT2D eigenvalue weighted by Crippen LogP contribution is 2.54. The average molecular weight is 204 g/mol. The molecule has 1 saturated carbocycles. The molecule has 0 amide bonds. The lowest BCUT2D eigenvalue weighted by Crippen LogP contribution is -2.21. The number of rotatable bonds is 0. The predicted octanol–water partition coefficient (Wildman–Crippen LogP) is 4.87. The summed E-state index contributed by atoms with van der Waals surface area (Å²) in [7, 11) is 0. The first kappa shape index (κ1) is 11.0. The maximum Gasteiger partial charge on any atom is -0.0141 e. The molecule has 2 aliphatic rings. The highest BCUT2D eigenvalue weighted by Gasteiger charge is 2.42. The minimum Gasteiger partial charge on any atom is -0.0856 e. The SMILES string of the molecule is CC1=CCC[C@H]2C(=C(C)C)CC[C@]2(C)C1. The van der Waals surface area contributed by atoms with Gasteiger partial charge in [-0.2, -0.15) is 0 Å². The Kier molecular flexibility index (Phi) is 2.79. The molecule has 0 saturated heterocycles. The van der Waals surface area contributed by atoms with Crippen LogP contribution in [0.3, 0.4) is 0 Å². The van der Waals surface area contributed by atoms with E-state index in [1.54, 1.807) is 16.7 Å². The summed E-state index contributed by atoms with van der Waals surface area (Å²) in [6, 6.07) is 0. The monoisotopic (exact) mass is 204 g/mol. The molecule has 0 aromatic rings. The van der Waals surface area contributed by atoms with Gasteiger partial charge in [0.15, 0.2) is 0 Å². The van der Waals surface area contributed by atoms with E-state index in [0.717, 1.165) is 5.92 Å². The summed E-state index contributed by atoms with van der Waals surface area (Å²) < 4.78 is 0. The van der Waals surface area contributed by atoms with Gasteiger partial charge < -0.3 is 0 Å². The second kappa shape index (κ2) is 3.81. The second-order valence-electron chi connectivity index (χ2n) is 6.04. The molecule has 2 rings (SSSR count). The molecule has 0 aliphatic heterocycles. The number of fused-ring (bicyclic) bond motifs is 1. The molecule has 1 fully saturated rings. The van der Waals surface area contributed by atoms with Crippen molar-refractivity contribution in [1.82, 2.24) is 0 Å². The molecule has 0 nitrogen and oxygen atoms in total. The zero-order valence-corrected chi connectivity index (χ0v) is 10.7. The van der Waals surface area contributed by atoms with Gasteiger partial charge in [0, 0.05) is 0 Å². The van der Waals surface area contributed by atoms with Crippen molar-refractivity contribution in [2.45, 2.75) is 59.8 Å². The fraction of sp³-hybridized carbons (Fsp3) is 0.733. The quantitative estimate of drug-likeness (QED) is 0.494. The van der Waals surface area contributed by atoms with Gasteiger partial charge in [-0.25, -0.2) is 0 Å². The van der Waals surface area contributed by atoms with Gasteiger partial charge in [-0.3, -0.25) is 0 Å². The Morgan fingerprint density at radius 2 is 2.13 bits per heavy atom. The van der Waals surface area contributed by atoms with Crippen LogP contribution in [0, 0.1) is 11.3 Å². The van der Waals surface area contributed by atoms with E-state index in [1.165, 1.54) is 32.1 Å². The number of hydrogen-bond donors (Lipinski definition) is 0. The molecule has 2 aliphatic carbocycles. The summed E-state index contributed by atoms with van der Waals surface area (Å²) in [5, 5.41) is 0. The van der Waals surface area contributed by atoms with E-state index in [9.17, 15) is 0 Å². The Hall–Kier alpha value is -0.520. The molecule has 0 N–H and O–H groups in total. The molecule has 0 bridgehead atoms. The molecular formula is C15H24. The van der Waals surface area contributed by atoms with E-state index in [1.807, 2.05) is 0 Å². The summed E-state index contributed by atoms with van der Waals surface area (Å²) >= 11 is 0. The zero-order valence-electron chi connectivity index (χ0n) is 10.7. The van der Waals surface area contributed by atoms with Crippen LogP contribution in [0.5, 0.6) is 0 Å². The van der Waals surface area contributed by atoms with Crippen molar-refractivity contribution in [1.29, 1.82) is 0 Å². The Labute approximate surface area is 94.5 Å². The smallest absolute Gasteiger partial charge is 0.0141 e. The maximum atomic E-state index is 2.51. The minimum absolute atomic E-state index is 0.573. The lowest BCUT2D eigenvalue weighted by atomic mass is 9.73. The lowest BCUT2D eigenvalue weighted by molar-refractivity contribution is 0.241. The molecule has 0 aromatic heterocycles. The molecule has 0 heterocycles. The zero-order chi connectivity index (χ0) is 11.1. The first-order chi connectivity index (χ1) is 7.03. The molecule has 15 heavy (non-hydrogen) atoms. The highest BCUT2D eigenvalue weighted by molar-refractivity contribution is 5.25. The third-order valence-corrected chi connectivity index (χ3v) is 4.50. The molecule has 84 valence electrons. The van der Waals surface area contributed by atoms with Gasteiger partial charge in [-0.1, -0.05) is 29.7 Å². The molecule has 0 radical (unpaired) electrons. The van der Waals surface area contributed by atoms with Gasteiger partial charge in [0.2, 0.25) is 0 Å². The molecule has 0 spiro atoms. The fourth-order valence-electron chi connectivity index (χ4n) is 3.73. The van der Waals surface area contributed by atoms with E-state index < -0.39 is 0 Å². The molecule has 0 unspecified atom stereocenters. The van der Waals surface area contributed by atoms with Crippen LogP contribution in [0.15, 0.2) is 22.8 Å². The molecule has 0 heteroatoms. The Balaban J connectivity index is 2.31. The van der Waals surface area contributed by atoms with E-state index >= 15 is 0 Å². The van der Waals surface area contributed by atoms with Crippen molar-refractivity contribution in [2.75, 3.05) is 0 Å². The highest BCUT2D eigenvalue weighted by atomic mass is 14.5. The van der Waals surface area contributed by atoms with Gasteiger partial charge in [-0.15, -0.1) is 0 Å². The van der Waals surface area contributed by atoms with E-state index in [0.29, 0.717) is 5.41 Å². The van der Waals surface area contributed by atoms with Crippen LogP contribution in [0.4, 0.5) is 0 Å². The summed E-state index contributed by atoms with van der Waals surface area (Å²) in [6.07, 6.45) is 9.23. The topological polar surface area (TPSA) is 0 Å². The molecule has 0 aromatic carbocycles. The van der Waals surface area contributed by atoms with Gasteiger partial charge >= 0.3 is 0 Å². The van der Waals surface area contributed by atoms with E-state index in [2.05, 4.69) is 33.8 Å². The van der Waals surface area contributed by atoms with Gasteiger partial charge in [-0.05, 0) is 64.2 Å². The van der Waals surface area contributed by atoms with Gasteiger partial charge in [0.05, 0.1) is 0 Å². The third kappa shape index (κ3) is 1.91. The van der Waals surface area contributed by atoms with E-state index in [4.69, 9.17) is 0 Å². The van der Waals surface area contributed by atoms with Crippen LogP contribution in [-0.2, 0) is 0 Å². The second-order valence-corrected chi connectivity index (χ2v) is 6.04. The Bertz CT molecular complexity index is 315.